The highest BCUT2D eigenvalue weighted by Gasteiger charge is 2.35. The predicted molar refractivity (Wildman–Crippen MR) is 121 cm³/mol. The van der Waals surface area contributed by atoms with Gasteiger partial charge in [0, 0.05) is 5.56 Å². The minimum Gasteiger partial charge on any atom is -0.493 e. The van der Waals surface area contributed by atoms with Crippen molar-refractivity contribution in [3.8, 4) is 11.5 Å². The number of ether oxygens (including phenoxy) is 2. The number of carbonyl (C=O) groups excluding carboxylic acids is 3. The third kappa shape index (κ3) is 6.12. The van der Waals surface area contributed by atoms with Crippen LogP contribution in [0.3, 0.4) is 0 Å². The van der Waals surface area contributed by atoms with Crippen molar-refractivity contribution in [2.45, 2.75) is 17.7 Å². The number of halogens is 1. The molecule has 0 radical (unpaired) electrons. The van der Waals surface area contributed by atoms with E-state index in [-0.39, 0.29) is 17.0 Å². The second-order valence-corrected chi connectivity index (χ2v) is 8.03. The van der Waals surface area contributed by atoms with Crippen molar-refractivity contribution in [3.05, 3.63) is 53.8 Å². The number of nitrogens with one attached hydrogen (secondary N) is 4. The molecule has 0 spiro atoms. The molecule has 1 heterocycles. The number of benzene rings is 2. The number of nitrogens with two attached hydrogens (primary N) is 1. The van der Waals surface area contributed by atoms with Gasteiger partial charge >= 0.3 is 0 Å². The third-order valence-corrected chi connectivity index (χ3v) is 5.74. The molecule has 2 aromatic carbocycles. The molecule has 176 valence electrons. The summed E-state index contributed by atoms with van der Waals surface area (Å²) >= 11 is 1.06. The number of amides is 3. The SMILES string of the molecule is COc1ccc(C(=O)NC2C(=O)NC(SCC(=O)Nc3ccccc3F)NC2N)cc1OC. The summed E-state index contributed by atoms with van der Waals surface area (Å²) in [4.78, 5) is 37.2. The van der Waals surface area contributed by atoms with Gasteiger partial charge in [0.1, 0.15) is 17.4 Å². The van der Waals surface area contributed by atoms with E-state index in [0.29, 0.717) is 11.5 Å². The summed E-state index contributed by atoms with van der Waals surface area (Å²) in [6.45, 7) is 0. The Morgan fingerprint density at radius 3 is 2.55 bits per heavy atom. The zero-order valence-corrected chi connectivity index (χ0v) is 18.7. The fourth-order valence-electron chi connectivity index (χ4n) is 3.05. The minimum absolute atomic E-state index is 0.0678. The van der Waals surface area contributed by atoms with Crippen molar-refractivity contribution >= 4 is 35.2 Å². The predicted octanol–water partition coefficient (Wildman–Crippen LogP) is 0.601. The van der Waals surface area contributed by atoms with E-state index in [0.717, 1.165) is 11.8 Å². The van der Waals surface area contributed by atoms with Crippen molar-refractivity contribution in [3.63, 3.8) is 0 Å². The third-order valence-electron chi connectivity index (χ3n) is 4.72. The average Bonchev–Trinajstić information content (AvgIpc) is 2.81. The number of rotatable bonds is 8. The van der Waals surface area contributed by atoms with Crippen LogP contribution in [-0.2, 0) is 9.59 Å². The molecule has 3 atom stereocenters. The lowest BCUT2D eigenvalue weighted by Crippen LogP contribution is -2.70. The molecule has 1 fully saturated rings. The van der Waals surface area contributed by atoms with Gasteiger partial charge in [-0.05, 0) is 30.3 Å². The first-order valence-electron chi connectivity index (χ1n) is 9.83. The molecule has 10 nitrogen and oxygen atoms in total. The first-order chi connectivity index (χ1) is 15.8. The lowest BCUT2D eigenvalue weighted by Gasteiger charge is -2.35. The molecule has 1 saturated heterocycles. The molecule has 2 aromatic rings. The molecule has 0 bridgehead atoms. The average molecular weight is 478 g/mol. The summed E-state index contributed by atoms with van der Waals surface area (Å²) in [5.74, 6) is -1.27. The second kappa shape index (κ2) is 11.0. The van der Waals surface area contributed by atoms with Crippen molar-refractivity contribution < 1.29 is 28.2 Å². The highest BCUT2D eigenvalue weighted by Crippen LogP contribution is 2.27. The van der Waals surface area contributed by atoms with E-state index in [9.17, 15) is 18.8 Å². The van der Waals surface area contributed by atoms with Gasteiger partial charge in [0.25, 0.3) is 5.91 Å². The molecule has 3 amide bonds. The highest BCUT2D eigenvalue weighted by atomic mass is 32.2. The molecular weight excluding hydrogens is 453 g/mol. The van der Waals surface area contributed by atoms with Gasteiger partial charge in [0.15, 0.2) is 11.5 Å². The largest absolute Gasteiger partial charge is 0.493 e. The normalized spacial score (nSPS) is 19.9. The van der Waals surface area contributed by atoms with Gasteiger partial charge in [0.2, 0.25) is 11.8 Å². The van der Waals surface area contributed by atoms with Crippen LogP contribution in [0.5, 0.6) is 11.5 Å². The van der Waals surface area contributed by atoms with Crippen LogP contribution in [-0.4, -0.2) is 55.4 Å². The topological polar surface area (TPSA) is 144 Å². The van der Waals surface area contributed by atoms with Crippen LogP contribution < -0.4 is 36.5 Å². The Hall–Kier alpha value is -3.35. The summed E-state index contributed by atoms with van der Waals surface area (Å²) < 4.78 is 24.0. The second-order valence-electron chi connectivity index (χ2n) is 6.94. The van der Waals surface area contributed by atoms with Gasteiger partial charge < -0.3 is 31.2 Å². The maximum Gasteiger partial charge on any atom is 0.252 e. The Balaban J connectivity index is 1.53. The molecule has 1 aliphatic heterocycles. The van der Waals surface area contributed by atoms with Crippen LogP contribution in [0.1, 0.15) is 10.4 Å². The van der Waals surface area contributed by atoms with Crippen molar-refractivity contribution in [1.82, 2.24) is 16.0 Å². The first kappa shape index (κ1) is 24.3. The summed E-state index contributed by atoms with van der Waals surface area (Å²) in [7, 11) is 2.93. The van der Waals surface area contributed by atoms with Gasteiger partial charge in [-0.2, -0.15) is 0 Å². The fraction of sp³-hybridized carbons (Fsp3) is 0.286. The van der Waals surface area contributed by atoms with Crippen molar-refractivity contribution in [1.29, 1.82) is 0 Å². The van der Waals surface area contributed by atoms with Gasteiger partial charge in [0.05, 0.1) is 31.8 Å². The van der Waals surface area contributed by atoms with E-state index in [1.165, 1.54) is 44.6 Å². The lowest BCUT2D eigenvalue weighted by molar-refractivity contribution is -0.125. The van der Waals surface area contributed by atoms with Crippen LogP contribution in [0.25, 0.3) is 0 Å². The van der Waals surface area contributed by atoms with Gasteiger partial charge in [-0.15, -0.1) is 11.8 Å². The summed E-state index contributed by atoms with van der Waals surface area (Å²) in [6.07, 6.45) is -0.907. The van der Waals surface area contributed by atoms with E-state index >= 15 is 0 Å². The van der Waals surface area contributed by atoms with E-state index < -0.39 is 41.2 Å². The Labute approximate surface area is 193 Å². The lowest BCUT2D eigenvalue weighted by atomic mass is 10.1. The molecule has 0 aromatic heterocycles. The molecule has 12 heteroatoms. The van der Waals surface area contributed by atoms with Crippen LogP contribution in [0.4, 0.5) is 10.1 Å². The highest BCUT2D eigenvalue weighted by molar-refractivity contribution is 8.00. The maximum atomic E-state index is 13.6. The Kier molecular flexibility index (Phi) is 8.09. The number of methoxy groups -OCH3 is 2. The van der Waals surface area contributed by atoms with E-state index in [1.54, 1.807) is 12.1 Å². The van der Waals surface area contributed by atoms with E-state index in [4.69, 9.17) is 15.2 Å². The van der Waals surface area contributed by atoms with Crippen LogP contribution >= 0.6 is 11.8 Å². The van der Waals surface area contributed by atoms with Crippen molar-refractivity contribution in [2.75, 3.05) is 25.3 Å². The molecule has 3 rings (SSSR count). The number of carbonyl (C=O) groups is 3. The summed E-state index contributed by atoms with van der Waals surface area (Å²) in [6, 6.07) is 9.35. The van der Waals surface area contributed by atoms with Gasteiger partial charge in [-0.1, -0.05) is 12.1 Å². The summed E-state index contributed by atoms with van der Waals surface area (Å²) in [5.41, 5.74) is 5.70. The molecule has 6 N–H and O–H groups in total. The van der Waals surface area contributed by atoms with E-state index in [2.05, 4.69) is 21.3 Å². The minimum atomic E-state index is -1.05. The standard InChI is InChI=1S/C21H24FN5O5S/c1-31-14-8-7-11(9-15(14)32-2)19(29)25-17-18(23)26-21(27-20(17)30)33-10-16(28)24-13-6-4-3-5-12(13)22/h3-9,17-18,21,26H,10,23H2,1-2H3,(H,24,28)(H,25,29)(H,27,30). The van der Waals surface area contributed by atoms with Gasteiger partial charge in [-0.25, -0.2) is 4.39 Å². The zero-order chi connectivity index (χ0) is 24.0. The number of thioether (sulfide) groups is 1. The first-order valence-corrected chi connectivity index (χ1v) is 10.9. The number of hydrogen-bond donors (Lipinski definition) is 5. The van der Waals surface area contributed by atoms with Crippen LogP contribution in [0.15, 0.2) is 42.5 Å². The van der Waals surface area contributed by atoms with Crippen molar-refractivity contribution in [2.24, 2.45) is 5.73 Å². The monoisotopic (exact) mass is 477 g/mol. The Bertz CT molecular complexity index is 1040. The van der Waals surface area contributed by atoms with Crippen LogP contribution in [0, 0.1) is 5.82 Å². The molecule has 3 unspecified atom stereocenters. The molecule has 0 saturated carbocycles. The quantitative estimate of drug-likeness (QED) is 0.372. The molecular formula is C21H24FN5O5S. The molecule has 0 aliphatic carbocycles. The Morgan fingerprint density at radius 2 is 1.88 bits per heavy atom. The number of anilines is 1. The van der Waals surface area contributed by atoms with E-state index in [1.807, 2.05) is 0 Å². The summed E-state index contributed by atoms with van der Waals surface area (Å²) in [5, 5.41) is 10.6. The number of para-hydroxylation sites is 1. The van der Waals surface area contributed by atoms with Crippen LogP contribution in [0.2, 0.25) is 0 Å². The molecule has 1 aliphatic rings. The molecule has 33 heavy (non-hydrogen) atoms. The smallest absolute Gasteiger partial charge is 0.252 e. The zero-order valence-electron chi connectivity index (χ0n) is 17.9. The van der Waals surface area contributed by atoms with Gasteiger partial charge in [-0.3, -0.25) is 19.7 Å². The number of hydrogen-bond acceptors (Lipinski definition) is 8. The Morgan fingerprint density at radius 1 is 1.15 bits per heavy atom. The fourth-order valence-corrected chi connectivity index (χ4v) is 3.89. The maximum absolute atomic E-state index is 13.6.